The Bertz CT molecular complexity index is 937. The Hall–Kier alpha value is -2.78. The SMILES string of the molecule is COc1ccc(NS(=O)(=O)c2cc(NC(=O)C3CCCO3)ccc2OC)cc1. The molecule has 0 radical (unpaired) electrons. The van der Waals surface area contributed by atoms with Gasteiger partial charge in [-0.15, -0.1) is 0 Å². The maximum absolute atomic E-state index is 12.9. The van der Waals surface area contributed by atoms with Crippen LogP contribution in [0.4, 0.5) is 11.4 Å². The van der Waals surface area contributed by atoms with Crippen molar-refractivity contribution in [3.05, 3.63) is 42.5 Å². The molecule has 1 aliphatic heterocycles. The molecular formula is C19H22N2O6S. The number of rotatable bonds is 7. The van der Waals surface area contributed by atoms with Gasteiger partial charge in [0.2, 0.25) is 0 Å². The van der Waals surface area contributed by atoms with Gasteiger partial charge in [0.1, 0.15) is 22.5 Å². The molecule has 1 aliphatic rings. The molecule has 2 N–H and O–H groups in total. The van der Waals surface area contributed by atoms with E-state index in [9.17, 15) is 13.2 Å². The number of sulfonamides is 1. The number of ether oxygens (including phenoxy) is 3. The molecule has 1 amide bonds. The van der Waals surface area contributed by atoms with E-state index in [0.29, 0.717) is 30.2 Å². The van der Waals surface area contributed by atoms with E-state index in [1.54, 1.807) is 30.3 Å². The summed E-state index contributed by atoms with van der Waals surface area (Å²) < 4.78 is 43.8. The first-order chi connectivity index (χ1) is 13.4. The second-order valence-electron chi connectivity index (χ2n) is 6.19. The highest BCUT2D eigenvalue weighted by molar-refractivity contribution is 7.92. The van der Waals surface area contributed by atoms with Crippen LogP contribution in [0.1, 0.15) is 12.8 Å². The van der Waals surface area contributed by atoms with Crippen LogP contribution < -0.4 is 19.5 Å². The second kappa shape index (κ2) is 8.49. The van der Waals surface area contributed by atoms with Gasteiger partial charge in [-0.05, 0) is 55.3 Å². The van der Waals surface area contributed by atoms with Gasteiger partial charge < -0.3 is 19.5 Å². The molecule has 28 heavy (non-hydrogen) atoms. The topological polar surface area (TPSA) is 103 Å². The molecule has 0 spiro atoms. The minimum atomic E-state index is -3.95. The zero-order valence-corrected chi connectivity index (χ0v) is 16.4. The fourth-order valence-electron chi connectivity index (χ4n) is 2.84. The van der Waals surface area contributed by atoms with Crippen LogP contribution in [0.3, 0.4) is 0 Å². The van der Waals surface area contributed by atoms with E-state index >= 15 is 0 Å². The number of carbonyl (C=O) groups excluding carboxylic acids is 1. The molecule has 0 aromatic heterocycles. The van der Waals surface area contributed by atoms with Crippen LogP contribution in [-0.4, -0.2) is 41.3 Å². The Kier molecular flexibility index (Phi) is 6.05. The van der Waals surface area contributed by atoms with Gasteiger partial charge in [0.15, 0.2) is 0 Å². The van der Waals surface area contributed by atoms with Gasteiger partial charge in [-0.1, -0.05) is 0 Å². The molecule has 1 atom stereocenters. The zero-order valence-electron chi connectivity index (χ0n) is 15.6. The van der Waals surface area contributed by atoms with Crippen molar-refractivity contribution in [2.75, 3.05) is 30.9 Å². The maximum Gasteiger partial charge on any atom is 0.265 e. The number of amides is 1. The molecule has 0 bridgehead atoms. The summed E-state index contributed by atoms with van der Waals surface area (Å²) in [6.07, 6.45) is 0.956. The number of hydrogen-bond donors (Lipinski definition) is 2. The number of anilines is 2. The predicted octanol–water partition coefficient (Wildman–Crippen LogP) is 2.62. The third-order valence-corrected chi connectivity index (χ3v) is 5.69. The van der Waals surface area contributed by atoms with Gasteiger partial charge in [-0.3, -0.25) is 9.52 Å². The molecule has 0 aliphatic carbocycles. The normalized spacial score (nSPS) is 16.4. The molecule has 1 saturated heterocycles. The van der Waals surface area contributed by atoms with E-state index < -0.39 is 16.1 Å². The number of benzene rings is 2. The molecular weight excluding hydrogens is 384 g/mol. The molecule has 1 unspecified atom stereocenters. The van der Waals surface area contributed by atoms with Crippen LogP contribution in [0, 0.1) is 0 Å². The summed E-state index contributed by atoms with van der Waals surface area (Å²) in [4.78, 5) is 12.2. The van der Waals surface area contributed by atoms with E-state index in [1.807, 2.05) is 0 Å². The van der Waals surface area contributed by atoms with Crippen molar-refractivity contribution >= 4 is 27.3 Å². The molecule has 2 aromatic rings. The van der Waals surface area contributed by atoms with Gasteiger partial charge in [-0.25, -0.2) is 8.42 Å². The molecule has 3 rings (SSSR count). The van der Waals surface area contributed by atoms with Gasteiger partial charge in [0, 0.05) is 18.0 Å². The van der Waals surface area contributed by atoms with E-state index in [-0.39, 0.29) is 16.6 Å². The molecule has 1 fully saturated rings. The van der Waals surface area contributed by atoms with Crippen molar-refractivity contribution in [1.29, 1.82) is 0 Å². The molecule has 1 heterocycles. The Morgan fingerprint density at radius 3 is 2.39 bits per heavy atom. The first-order valence-electron chi connectivity index (χ1n) is 8.70. The Labute approximate surface area is 163 Å². The molecule has 2 aromatic carbocycles. The minimum absolute atomic E-state index is 0.0871. The van der Waals surface area contributed by atoms with Crippen molar-refractivity contribution in [3.8, 4) is 11.5 Å². The standard InChI is InChI=1S/C19H22N2O6S/c1-25-15-8-5-13(6-9-15)21-28(23,24)18-12-14(7-10-16(18)26-2)20-19(22)17-4-3-11-27-17/h5-10,12,17,21H,3-4,11H2,1-2H3,(H,20,22). The fraction of sp³-hybridized carbons (Fsp3) is 0.316. The van der Waals surface area contributed by atoms with Crippen molar-refractivity contribution in [2.24, 2.45) is 0 Å². The van der Waals surface area contributed by atoms with Crippen molar-refractivity contribution in [3.63, 3.8) is 0 Å². The van der Waals surface area contributed by atoms with Gasteiger partial charge in [0.25, 0.3) is 15.9 Å². The van der Waals surface area contributed by atoms with Gasteiger partial charge in [0.05, 0.1) is 14.2 Å². The molecule has 9 heteroatoms. The minimum Gasteiger partial charge on any atom is -0.497 e. The summed E-state index contributed by atoms with van der Waals surface area (Å²) in [5, 5.41) is 2.70. The average molecular weight is 406 g/mol. The smallest absolute Gasteiger partial charge is 0.265 e. The van der Waals surface area contributed by atoms with E-state index in [0.717, 1.165) is 6.42 Å². The number of carbonyl (C=O) groups is 1. The van der Waals surface area contributed by atoms with Gasteiger partial charge >= 0.3 is 0 Å². The number of methoxy groups -OCH3 is 2. The summed E-state index contributed by atoms with van der Waals surface area (Å²) in [5.41, 5.74) is 0.716. The van der Waals surface area contributed by atoms with Crippen LogP contribution in [0.2, 0.25) is 0 Å². The highest BCUT2D eigenvalue weighted by atomic mass is 32.2. The zero-order chi connectivity index (χ0) is 20.1. The second-order valence-corrected chi connectivity index (χ2v) is 7.84. The Morgan fingerprint density at radius 2 is 1.79 bits per heavy atom. The van der Waals surface area contributed by atoms with Crippen LogP contribution in [0.15, 0.2) is 47.4 Å². The monoisotopic (exact) mass is 406 g/mol. The van der Waals surface area contributed by atoms with Gasteiger partial charge in [-0.2, -0.15) is 0 Å². The lowest BCUT2D eigenvalue weighted by molar-refractivity contribution is -0.124. The van der Waals surface area contributed by atoms with Crippen molar-refractivity contribution < 1.29 is 27.4 Å². The van der Waals surface area contributed by atoms with Crippen LogP contribution in [-0.2, 0) is 19.6 Å². The molecule has 150 valence electrons. The number of hydrogen-bond acceptors (Lipinski definition) is 6. The summed E-state index contributed by atoms with van der Waals surface area (Å²) in [5.74, 6) is 0.477. The van der Waals surface area contributed by atoms with E-state index in [2.05, 4.69) is 10.0 Å². The third-order valence-electron chi connectivity index (χ3n) is 4.29. The average Bonchev–Trinajstić information content (AvgIpc) is 3.23. The summed E-state index contributed by atoms with van der Waals surface area (Å²) in [6.45, 7) is 0.548. The first kappa shape index (κ1) is 20.0. The van der Waals surface area contributed by atoms with E-state index in [1.165, 1.54) is 26.4 Å². The Balaban J connectivity index is 1.84. The lowest BCUT2D eigenvalue weighted by Crippen LogP contribution is -2.27. The predicted molar refractivity (Wildman–Crippen MR) is 104 cm³/mol. The summed E-state index contributed by atoms with van der Waals surface area (Å²) in [7, 11) is -1.04. The third kappa shape index (κ3) is 4.55. The maximum atomic E-state index is 12.9. The highest BCUT2D eigenvalue weighted by Gasteiger charge is 2.25. The molecule has 0 saturated carbocycles. The van der Waals surface area contributed by atoms with Crippen molar-refractivity contribution in [2.45, 2.75) is 23.8 Å². The van der Waals surface area contributed by atoms with Crippen LogP contribution in [0.5, 0.6) is 11.5 Å². The quantitative estimate of drug-likeness (QED) is 0.733. The van der Waals surface area contributed by atoms with Crippen molar-refractivity contribution in [1.82, 2.24) is 0 Å². The Morgan fingerprint density at radius 1 is 1.07 bits per heavy atom. The summed E-state index contributed by atoms with van der Waals surface area (Å²) in [6, 6.07) is 10.9. The van der Waals surface area contributed by atoms with Crippen LogP contribution >= 0.6 is 0 Å². The highest BCUT2D eigenvalue weighted by Crippen LogP contribution is 2.29. The molecule has 8 nitrogen and oxygen atoms in total. The lowest BCUT2D eigenvalue weighted by atomic mass is 10.2. The van der Waals surface area contributed by atoms with E-state index in [4.69, 9.17) is 14.2 Å². The fourth-order valence-corrected chi connectivity index (χ4v) is 4.10. The lowest BCUT2D eigenvalue weighted by Gasteiger charge is -2.15. The van der Waals surface area contributed by atoms with Crippen LogP contribution in [0.25, 0.3) is 0 Å². The first-order valence-corrected chi connectivity index (χ1v) is 10.2. The largest absolute Gasteiger partial charge is 0.497 e. The summed E-state index contributed by atoms with van der Waals surface area (Å²) >= 11 is 0. The number of nitrogens with one attached hydrogen (secondary N) is 2.